The standard InChI is InChI=1S/C15H25N5O2/c16-15(22)17-10-5-4-8-14(21)19-13-9-11-18-20(13)12-6-2-1-3-7-12/h9,11-12H,1-8,10H2,(H,19,21)(H3,16,17,22). The molecule has 7 heteroatoms. The first-order valence-corrected chi connectivity index (χ1v) is 8.03. The number of primary amides is 1. The third kappa shape index (κ3) is 5.05. The lowest BCUT2D eigenvalue weighted by Crippen LogP contribution is -2.30. The number of rotatable bonds is 7. The van der Waals surface area contributed by atoms with Crippen LogP contribution in [0, 0.1) is 0 Å². The van der Waals surface area contributed by atoms with Gasteiger partial charge in [-0.1, -0.05) is 19.3 Å². The van der Waals surface area contributed by atoms with Gasteiger partial charge in [-0.05, 0) is 25.7 Å². The van der Waals surface area contributed by atoms with Crippen molar-refractivity contribution in [2.45, 2.75) is 57.4 Å². The number of nitrogens with zero attached hydrogens (tertiary/aromatic N) is 2. The second-order valence-corrected chi connectivity index (χ2v) is 5.75. The zero-order chi connectivity index (χ0) is 15.8. The van der Waals surface area contributed by atoms with Crippen molar-refractivity contribution in [3.8, 4) is 0 Å². The molecular weight excluding hydrogens is 282 g/mol. The van der Waals surface area contributed by atoms with E-state index in [4.69, 9.17) is 5.73 Å². The highest BCUT2D eigenvalue weighted by molar-refractivity contribution is 5.89. The fourth-order valence-corrected chi connectivity index (χ4v) is 2.86. The summed E-state index contributed by atoms with van der Waals surface area (Å²) >= 11 is 0. The molecule has 122 valence electrons. The van der Waals surface area contributed by atoms with E-state index in [0.29, 0.717) is 25.4 Å². The van der Waals surface area contributed by atoms with Crippen LogP contribution in [-0.2, 0) is 4.79 Å². The highest BCUT2D eigenvalue weighted by Crippen LogP contribution is 2.29. The number of amides is 3. The fourth-order valence-electron chi connectivity index (χ4n) is 2.86. The molecule has 1 heterocycles. The average Bonchev–Trinajstić information content (AvgIpc) is 2.95. The first-order chi connectivity index (χ1) is 10.7. The minimum Gasteiger partial charge on any atom is -0.352 e. The maximum Gasteiger partial charge on any atom is 0.312 e. The van der Waals surface area contributed by atoms with Gasteiger partial charge in [0, 0.05) is 19.0 Å². The predicted molar refractivity (Wildman–Crippen MR) is 84.4 cm³/mol. The van der Waals surface area contributed by atoms with E-state index in [1.165, 1.54) is 19.3 Å². The Morgan fingerprint density at radius 3 is 2.77 bits per heavy atom. The second-order valence-electron chi connectivity index (χ2n) is 5.75. The highest BCUT2D eigenvalue weighted by atomic mass is 16.2. The average molecular weight is 307 g/mol. The molecule has 0 radical (unpaired) electrons. The van der Waals surface area contributed by atoms with E-state index in [0.717, 1.165) is 25.1 Å². The lowest BCUT2D eigenvalue weighted by molar-refractivity contribution is -0.116. The number of aromatic nitrogens is 2. The van der Waals surface area contributed by atoms with Crippen LogP contribution >= 0.6 is 0 Å². The summed E-state index contributed by atoms with van der Waals surface area (Å²) in [5, 5.41) is 9.81. The maximum atomic E-state index is 12.0. The molecule has 1 aliphatic rings. The molecule has 1 fully saturated rings. The first-order valence-electron chi connectivity index (χ1n) is 8.03. The van der Waals surface area contributed by atoms with Gasteiger partial charge in [-0.2, -0.15) is 5.10 Å². The van der Waals surface area contributed by atoms with E-state index < -0.39 is 6.03 Å². The number of carbonyl (C=O) groups is 2. The van der Waals surface area contributed by atoms with Crippen LogP contribution in [0.5, 0.6) is 0 Å². The molecule has 1 saturated carbocycles. The molecular formula is C15H25N5O2. The zero-order valence-electron chi connectivity index (χ0n) is 12.9. The van der Waals surface area contributed by atoms with Crippen LogP contribution in [0.2, 0.25) is 0 Å². The van der Waals surface area contributed by atoms with Gasteiger partial charge in [-0.15, -0.1) is 0 Å². The molecule has 0 saturated heterocycles. The number of hydrogen-bond acceptors (Lipinski definition) is 3. The van der Waals surface area contributed by atoms with E-state index in [-0.39, 0.29) is 5.91 Å². The zero-order valence-corrected chi connectivity index (χ0v) is 12.9. The Morgan fingerprint density at radius 2 is 2.05 bits per heavy atom. The Morgan fingerprint density at radius 1 is 1.27 bits per heavy atom. The molecule has 7 nitrogen and oxygen atoms in total. The van der Waals surface area contributed by atoms with Crippen molar-refractivity contribution in [2.24, 2.45) is 5.73 Å². The summed E-state index contributed by atoms with van der Waals surface area (Å²) in [4.78, 5) is 22.5. The molecule has 1 aromatic rings. The fraction of sp³-hybridized carbons (Fsp3) is 0.667. The third-order valence-electron chi connectivity index (χ3n) is 3.99. The SMILES string of the molecule is NC(=O)NCCCCC(=O)Nc1ccnn1C1CCCCC1. The number of hydrogen-bond donors (Lipinski definition) is 3. The van der Waals surface area contributed by atoms with E-state index in [1.54, 1.807) is 6.20 Å². The van der Waals surface area contributed by atoms with Gasteiger partial charge in [0.1, 0.15) is 5.82 Å². The van der Waals surface area contributed by atoms with Crippen molar-refractivity contribution in [2.75, 3.05) is 11.9 Å². The smallest absolute Gasteiger partial charge is 0.312 e. The molecule has 1 aliphatic carbocycles. The topological polar surface area (TPSA) is 102 Å². The predicted octanol–water partition coefficient (Wildman–Crippen LogP) is 2.17. The van der Waals surface area contributed by atoms with Gasteiger partial charge in [-0.25, -0.2) is 9.48 Å². The van der Waals surface area contributed by atoms with Crippen molar-refractivity contribution < 1.29 is 9.59 Å². The van der Waals surface area contributed by atoms with E-state index in [2.05, 4.69) is 15.7 Å². The van der Waals surface area contributed by atoms with Crippen LogP contribution in [-0.4, -0.2) is 28.3 Å². The molecule has 3 amide bonds. The Hall–Kier alpha value is -2.05. The first kappa shape index (κ1) is 16.3. The molecule has 0 unspecified atom stereocenters. The van der Waals surface area contributed by atoms with Crippen LogP contribution in [0.15, 0.2) is 12.3 Å². The van der Waals surface area contributed by atoms with Crippen LogP contribution < -0.4 is 16.4 Å². The monoisotopic (exact) mass is 307 g/mol. The van der Waals surface area contributed by atoms with Gasteiger partial charge >= 0.3 is 6.03 Å². The number of anilines is 1. The number of unbranched alkanes of at least 4 members (excludes halogenated alkanes) is 1. The molecule has 0 aliphatic heterocycles. The largest absolute Gasteiger partial charge is 0.352 e. The summed E-state index contributed by atoms with van der Waals surface area (Å²) in [5.41, 5.74) is 4.97. The normalized spacial score (nSPS) is 15.5. The number of urea groups is 1. The Bertz CT molecular complexity index is 494. The summed E-state index contributed by atoms with van der Waals surface area (Å²) in [6.45, 7) is 0.503. The molecule has 0 aromatic carbocycles. The van der Waals surface area contributed by atoms with Crippen LogP contribution in [0.1, 0.15) is 57.4 Å². The Balaban J connectivity index is 1.74. The molecule has 1 aromatic heterocycles. The molecule has 0 atom stereocenters. The lowest BCUT2D eigenvalue weighted by Gasteiger charge is -2.23. The number of nitrogens with one attached hydrogen (secondary N) is 2. The minimum atomic E-state index is -0.527. The summed E-state index contributed by atoms with van der Waals surface area (Å²) in [7, 11) is 0. The molecule has 0 spiro atoms. The summed E-state index contributed by atoms with van der Waals surface area (Å²) in [6.07, 6.45) is 9.61. The van der Waals surface area contributed by atoms with Crippen LogP contribution in [0.3, 0.4) is 0 Å². The van der Waals surface area contributed by atoms with E-state index in [1.807, 2.05) is 10.7 Å². The summed E-state index contributed by atoms with van der Waals surface area (Å²) < 4.78 is 1.95. The Labute approximate surface area is 130 Å². The van der Waals surface area contributed by atoms with Crippen LogP contribution in [0.25, 0.3) is 0 Å². The van der Waals surface area contributed by atoms with Gasteiger partial charge in [0.2, 0.25) is 5.91 Å². The van der Waals surface area contributed by atoms with Gasteiger partial charge < -0.3 is 16.4 Å². The maximum absolute atomic E-state index is 12.0. The van der Waals surface area contributed by atoms with E-state index >= 15 is 0 Å². The van der Waals surface area contributed by atoms with E-state index in [9.17, 15) is 9.59 Å². The van der Waals surface area contributed by atoms with Crippen molar-refractivity contribution >= 4 is 17.8 Å². The third-order valence-corrected chi connectivity index (χ3v) is 3.99. The molecule has 4 N–H and O–H groups in total. The minimum absolute atomic E-state index is 0.0170. The van der Waals surface area contributed by atoms with Crippen LogP contribution in [0.4, 0.5) is 10.6 Å². The summed E-state index contributed by atoms with van der Waals surface area (Å²) in [5.74, 6) is 0.767. The number of carbonyl (C=O) groups excluding carboxylic acids is 2. The van der Waals surface area contributed by atoms with Crippen molar-refractivity contribution in [3.05, 3.63) is 12.3 Å². The van der Waals surface area contributed by atoms with Crippen molar-refractivity contribution in [1.29, 1.82) is 0 Å². The van der Waals surface area contributed by atoms with Crippen molar-refractivity contribution in [1.82, 2.24) is 15.1 Å². The quantitative estimate of drug-likeness (QED) is 0.673. The highest BCUT2D eigenvalue weighted by Gasteiger charge is 2.18. The number of nitrogens with two attached hydrogens (primary N) is 1. The summed E-state index contributed by atoms with van der Waals surface area (Å²) in [6, 6.07) is 1.72. The van der Waals surface area contributed by atoms with Gasteiger partial charge in [-0.3, -0.25) is 4.79 Å². The van der Waals surface area contributed by atoms with Gasteiger partial charge in [0.15, 0.2) is 0 Å². The molecule has 22 heavy (non-hydrogen) atoms. The Kier molecular flexibility index (Phi) is 6.24. The van der Waals surface area contributed by atoms with Gasteiger partial charge in [0.05, 0.1) is 12.2 Å². The lowest BCUT2D eigenvalue weighted by atomic mass is 9.96. The van der Waals surface area contributed by atoms with Gasteiger partial charge in [0.25, 0.3) is 0 Å². The van der Waals surface area contributed by atoms with Crippen molar-refractivity contribution in [3.63, 3.8) is 0 Å². The second kappa shape index (κ2) is 8.41. The molecule has 2 rings (SSSR count). The molecule has 0 bridgehead atoms.